The smallest absolute Gasteiger partial charge is 0.274 e. The summed E-state index contributed by atoms with van der Waals surface area (Å²) in [6.07, 6.45) is 5.82. The van der Waals surface area contributed by atoms with Gasteiger partial charge in [-0.1, -0.05) is 11.6 Å². The average Bonchev–Trinajstić information content (AvgIpc) is 2.75. The molecule has 5 rings (SSSR count). The first-order valence-corrected chi connectivity index (χ1v) is 9.92. The zero-order valence-corrected chi connectivity index (χ0v) is 17.0. The van der Waals surface area contributed by atoms with Crippen LogP contribution in [-0.4, -0.2) is 31.1 Å². The van der Waals surface area contributed by atoms with Gasteiger partial charge in [0.2, 0.25) is 0 Å². The van der Waals surface area contributed by atoms with Gasteiger partial charge in [-0.2, -0.15) is 4.52 Å². The number of fused-ring (bicyclic) bond motifs is 2. The molecule has 0 unspecified atom stereocenters. The molecule has 0 aliphatic carbocycles. The van der Waals surface area contributed by atoms with E-state index in [1.54, 1.807) is 12.3 Å². The summed E-state index contributed by atoms with van der Waals surface area (Å²) in [5, 5.41) is 8.34. The molecule has 0 bridgehead atoms. The summed E-state index contributed by atoms with van der Waals surface area (Å²) in [6, 6.07) is 9.01. The molecule has 0 atom stereocenters. The first kappa shape index (κ1) is 18.5. The number of aromatic nitrogens is 5. The van der Waals surface area contributed by atoms with E-state index in [1.807, 2.05) is 25.3 Å². The number of hydrogen-bond acceptors (Lipinski definition) is 7. The van der Waals surface area contributed by atoms with E-state index in [9.17, 15) is 4.79 Å². The molecule has 1 N–H and O–H groups in total. The van der Waals surface area contributed by atoms with Gasteiger partial charge in [0.25, 0.3) is 5.56 Å². The summed E-state index contributed by atoms with van der Waals surface area (Å²) < 4.78 is 1.35. The van der Waals surface area contributed by atoms with Gasteiger partial charge in [0.05, 0.1) is 23.8 Å². The molecule has 30 heavy (non-hydrogen) atoms. The first-order chi connectivity index (χ1) is 14.6. The first-order valence-electron chi connectivity index (χ1n) is 9.54. The molecule has 8 nitrogen and oxygen atoms in total. The highest BCUT2D eigenvalue weighted by atomic mass is 35.5. The number of aryl methyl sites for hydroxylation is 1. The Bertz CT molecular complexity index is 1300. The molecular formula is C21H18ClN7O. The van der Waals surface area contributed by atoms with Gasteiger partial charge in [-0.25, -0.2) is 9.97 Å². The van der Waals surface area contributed by atoms with E-state index in [0.717, 1.165) is 47.0 Å². The van der Waals surface area contributed by atoms with Crippen LogP contribution in [0.3, 0.4) is 0 Å². The zero-order chi connectivity index (χ0) is 20.7. The number of rotatable bonds is 3. The minimum atomic E-state index is -0.191. The number of halogens is 1. The lowest BCUT2D eigenvalue weighted by Crippen LogP contribution is -2.33. The van der Waals surface area contributed by atoms with E-state index >= 15 is 0 Å². The van der Waals surface area contributed by atoms with Crippen molar-refractivity contribution in [2.45, 2.75) is 19.9 Å². The van der Waals surface area contributed by atoms with Crippen molar-refractivity contribution in [1.29, 1.82) is 0 Å². The van der Waals surface area contributed by atoms with Crippen LogP contribution in [0.4, 0.5) is 17.2 Å². The number of nitrogens with zero attached hydrogens (tertiary/aromatic N) is 6. The average molecular weight is 420 g/mol. The highest BCUT2D eigenvalue weighted by Crippen LogP contribution is 2.27. The van der Waals surface area contributed by atoms with E-state index in [-0.39, 0.29) is 5.56 Å². The Morgan fingerprint density at radius 2 is 1.93 bits per heavy atom. The van der Waals surface area contributed by atoms with Gasteiger partial charge in [0.1, 0.15) is 5.15 Å². The Morgan fingerprint density at radius 3 is 2.77 bits per heavy atom. The maximum Gasteiger partial charge on any atom is 0.274 e. The second-order valence-corrected chi connectivity index (χ2v) is 7.59. The topological polar surface area (TPSA) is 88.3 Å². The van der Waals surface area contributed by atoms with Crippen LogP contribution in [0.25, 0.3) is 5.65 Å². The fraction of sp³-hybridized carbons (Fsp3) is 0.190. The van der Waals surface area contributed by atoms with Crippen LogP contribution in [0.15, 0.2) is 53.7 Å². The summed E-state index contributed by atoms with van der Waals surface area (Å²) in [6.45, 7) is 3.42. The molecule has 1 aliphatic heterocycles. The van der Waals surface area contributed by atoms with E-state index in [2.05, 4.69) is 36.3 Å². The van der Waals surface area contributed by atoms with Crippen LogP contribution in [0.2, 0.25) is 5.15 Å². The van der Waals surface area contributed by atoms with Crippen LogP contribution < -0.4 is 15.8 Å². The molecule has 0 saturated heterocycles. The zero-order valence-electron chi connectivity index (χ0n) is 16.2. The molecule has 4 aromatic rings. The molecule has 0 amide bonds. The maximum absolute atomic E-state index is 12.2. The Hall–Kier alpha value is -3.52. The van der Waals surface area contributed by atoms with Gasteiger partial charge < -0.3 is 10.2 Å². The molecule has 5 heterocycles. The van der Waals surface area contributed by atoms with Crippen molar-refractivity contribution in [3.05, 3.63) is 81.3 Å². The third-order valence-electron chi connectivity index (χ3n) is 5.10. The van der Waals surface area contributed by atoms with Crippen molar-refractivity contribution in [2.24, 2.45) is 0 Å². The number of hydrogen-bond donors (Lipinski definition) is 1. The van der Waals surface area contributed by atoms with E-state index in [0.29, 0.717) is 17.3 Å². The monoisotopic (exact) mass is 419 g/mol. The van der Waals surface area contributed by atoms with Crippen molar-refractivity contribution < 1.29 is 0 Å². The van der Waals surface area contributed by atoms with E-state index in [1.165, 1.54) is 16.8 Å². The quantitative estimate of drug-likeness (QED) is 0.510. The van der Waals surface area contributed by atoms with Crippen LogP contribution in [0.5, 0.6) is 0 Å². The molecule has 0 spiro atoms. The largest absolute Gasteiger partial charge is 0.353 e. The summed E-state index contributed by atoms with van der Waals surface area (Å²) in [7, 11) is 0. The second-order valence-electron chi connectivity index (χ2n) is 7.20. The molecule has 0 fully saturated rings. The predicted molar refractivity (Wildman–Crippen MR) is 116 cm³/mol. The Balaban J connectivity index is 1.45. The van der Waals surface area contributed by atoms with Gasteiger partial charge in [-0.15, -0.1) is 5.10 Å². The lowest BCUT2D eigenvalue weighted by Gasteiger charge is -2.30. The third kappa shape index (κ3) is 3.46. The summed E-state index contributed by atoms with van der Waals surface area (Å²) in [5.74, 6) is 0.781. The van der Waals surface area contributed by atoms with Crippen molar-refractivity contribution in [3.8, 4) is 0 Å². The number of nitrogens with one attached hydrogen (secondary N) is 1. The molecule has 0 radical (unpaired) electrons. The van der Waals surface area contributed by atoms with Crippen LogP contribution in [0, 0.1) is 6.92 Å². The minimum absolute atomic E-state index is 0.191. The molecule has 0 aromatic carbocycles. The lowest BCUT2D eigenvalue weighted by atomic mass is 10.0. The van der Waals surface area contributed by atoms with Crippen LogP contribution in [0.1, 0.15) is 16.8 Å². The fourth-order valence-corrected chi connectivity index (χ4v) is 3.76. The van der Waals surface area contributed by atoms with Gasteiger partial charge in [0.15, 0.2) is 11.5 Å². The summed E-state index contributed by atoms with van der Waals surface area (Å²) in [5.41, 5.74) is 5.24. The number of pyridine rings is 2. The van der Waals surface area contributed by atoms with Crippen LogP contribution >= 0.6 is 11.6 Å². The lowest BCUT2D eigenvalue weighted by molar-refractivity contribution is 0.686. The van der Waals surface area contributed by atoms with Crippen molar-refractivity contribution >= 4 is 34.4 Å². The Labute approximate surface area is 177 Å². The molecule has 150 valence electrons. The van der Waals surface area contributed by atoms with Gasteiger partial charge in [0, 0.05) is 37.5 Å². The molecular weight excluding hydrogens is 402 g/mol. The van der Waals surface area contributed by atoms with Crippen molar-refractivity contribution in [3.63, 3.8) is 0 Å². The highest BCUT2D eigenvalue weighted by Gasteiger charge is 2.21. The molecule has 4 aromatic heterocycles. The summed E-state index contributed by atoms with van der Waals surface area (Å²) >= 11 is 5.85. The SMILES string of the molecule is Cc1cc2nccc(=O)n2nc1N1CCc2ncc(Nc3ccc(Cl)nc3)cc2C1. The van der Waals surface area contributed by atoms with E-state index < -0.39 is 0 Å². The molecule has 9 heteroatoms. The minimum Gasteiger partial charge on any atom is -0.353 e. The standard InChI is InChI=1S/C21H18ClN7O/c1-13-8-19-23-6-4-20(30)29(19)27-21(13)28-7-5-17-14(12-28)9-16(11-24-17)26-15-2-3-18(22)25-10-15/h2-4,6,8-11,26H,5,7,12H2,1H3. The van der Waals surface area contributed by atoms with Crippen molar-refractivity contribution in [2.75, 3.05) is 16.8 Å². The summed E-state index contributed by atoms with van der Waals surface area (Å²) in [4.78, 5) is 27.3. The van der Waals surface area contributed by atoms with E-state index in [4.69, 9.17) is 11.6 Å². The second kappa shape index (κ2) is 7.38. The highest BCUT2D eigenvalue weighted by molar-refractivity contribution is 6.29. The normalized spacial score (nSPS) is 13.3. The molecule has 1 aliphatic rings. The fourth-order valence-electron chi connectivity index (χ4n) is 3.65. The maximum atomic E-state index is 12.2. The van der Waals surface area contributed by atoms with Crippen LogP contribution in [-0.2, 0) is 13.0 Å². The van der Waals surface area contributed by atoms with Gasteiger partial charge >= 0.3 is 0 Å². The Kier molecular flexibility index (Phi) is 4.55. The third-order valence-corrected chi connectivity index (χ3v) is 5.32. The molecule has 0 saturated carbocycles. The predicted octanol–water partition coefficient (Wildman–Crippen LogP) is 3.15. The van der Waals surface area contributed by atoms with Crippen molar-refractivity contribution in [1.82, 2.24) is 24.6 Å². The van der Waals surface area contributed by atoms with Gasteiger partial charge in [-0.05, 0) is 42.3 Å². The van der Waals surface area contributed by atoms with Gasteiger partial charge in [-0.3, -0.25) is 9.78 Å². The number of anilines is 3. The Morgan fingerprint density at radius 1 is 1.07 bits per heavy atom.